The summed E-state index contributed by atoms with van der Waals surface area (Å²) < 4.78 is 1.78. The van der Waals surface area contributed by atoms with Crippen LogP contribution >= 0.6 is 11.3 Å². The molecule has 0 aromatic carbocycles. The van der Waals surface area contributed by atoms with Crippen LogP contribution in [-0.4, -0.2) is 41.9 Å². The van der Waals surface area contributed by atoms with Crippen LogP contribution in [0.2, 0.25) is 0 Å². The van der Waals surface area contributed by atoms with Gasteiger partial charge in [0.15, 0.2) is 0 Å². The summed E-state index contributed by atoms with van der Waals surface area (Å²) in [6.07, 6.45) is 22.1. The number of rotatable bonds is 5. The summed E-state index contributed by atoms with van der Waals surface area (Å²) >= 11 is 1.70. The second-order valence-electron chi connectivity index (χ2n) is 7.08. The first kappa shape index (κ1) is 31.3. The Kier molecular flexibility index (Phi) is 16.9. The number of thiophene rings is 1. The van der Waals surface area contributed by atoms with Crippen molar-refractivity contribution in [2.75, 3.05) is 6.54 Å². The van der Waals surface area contributed by atoms with E-state index in [1.54, 1.807) is 82.7 Å². The van der Waals surface area contributed by atoms with Gasteiger partial charge >= 0.3 is 0 Å². The van der Waals surface area contributed by atoms with Crippen molar-refractivity contribution < 1.29 is 4.79 Å². The summed E-state index contributed by atoms with van der Waals surface area (Å²) in [5.41, 5.74) is 1.74. The molecule has 0 atom stereocenters. The second-order valence-corrected chi connectivity index (χ2v) is 8.06. The molecule has 4 aromatic rings. The lowest BCUT2D eigenvalue weighted by Gasteiger charge is -2.05. The molecule has 1 saturated heterocycles. The van der Waals surface area contributed by atoms with E-state index in [1.165, 1.54) is 4.88 Å². The van der Waals surface area contributed by atoms with Gasteiger partial charge in [-0.3, -0.25) is 19.7 Å². The van der Waals surface area contributed by atoms with Crippen LogP contribution in [0, 0.1) is 0 Å². The first-order valence-electron chi connectivity index (χ1n) is 11.7. The first-order valence-corrected chi connectivity index (χ1v) is 12.6. The van der Waals surface area contributed by atoms with E-state index in [9.17, 15) is 4.79 Å². The second kappa shape index (κ2) is 20.5. The van der Waals surface area contributed by atoms with E-state index in [2.05, 4.69) is 52.8 Å². The van der Waals surface area contributed by atoms with Crippen LogP contribution in [0.25, 0.3) is 24.4 Å². The van der Waals surface area contributed by atoms with Crippen molar-refractivity contribution in [2.45, 2.75) is 12.8 Å². The SMILES string of the molecule is C=CN1CCCC1=O.C=Cc1ccccn1.C=Cc1cccs1.C=Cc1cnccn1.C=Cn1ccnc1. The minimum absolute atomic E-state index is 0.208. The van der Waals surface area contributed by atoms with Crippen molar-refractivity contribution in [2.24, 2.45) is 0 Å². The number of likely N-dealkylation sites (tertiary alicyclic amines) is 1. The van der Waals surface area contributed by atoms with Gasteiger partial charge in [0.1, 0.15) is 0 Å². The van der Waals surface area contributed by atoms with Crippen LogP contribution in [0.15, 0.2) is 118 Å². The number of imidazole rings is 1. The molecule has 0 saturated carbocycles. The van der Waals surface area contributed by atoms with Gasteiger partial charge in [0.25, 0.3) is 0 Å². The molecule has 8 heteroatoms. The number of pyridine rings is 1. The maximum absolute atomic E-state index is 10.7. The van der Waals surface area contributed by atoms with Crippen molar-refractivity contribution in [3.63, 3.8) is 0 Å². The molecule has 4 aromatic heterocycles. The van der Waals surface area contributed by atoms with Crippen molar-refractivity contribution in [1.29, 1.82) is 0 Å². The summed E-state index contributed by atoms with van der Waals surface area (Å²) in [5.74, 6) is 0.208. The van der Waals surface area contributed by atoms with Gasteiger partial charge in [-0.15, -0.1) is 11.3 Å². The molecular weight excluding hydrogens is 492 g/mol. The van der Waals surface area contributed by atoms with Crippen LogP contribution < -0.4 is 0 Å². The van der Waals surface area contributed by atoms with Gasteiger partial charge in [-0.2, -0.15) is 0 Å². The highest BCUT2D eigenvalue weighted by atomic mass is 32.1. The summed E-state index contributed by atoms with van der Waals surface area (Å²) in [6, 6.07) is 9.78. The minimum Gasteiger partial charge on any atom is -0.320 e. The first-order chi connectivity index (χ1) is 18.6. The predicted octanol–water partition coefficient (Wildman–Crippen LogP) is 6.97. The van der Waals surface area contributed by atoms with Gasteiger partial charge in [0.2, 0.25) is 5.91 Å². The van der Waals surface area contributed by atoms with Gasteiger partial charge in [-0.25, -0.2) is 4.98 Å². The maximum Gasteiger partial charge on any atom is 0.226 e. The number of nitrogens with zero attached hydrogens (tertiary/aromatic N) is 6. The molecule has 1 fully saturated rings. The fourth-order valence-electron chi connectivity index (χ4n) is 2.56. The van der Waals surface area contributed by atoms with E-state index < -0.39 is 0 Å². The highest BCUT2D eigenvalue weighted by molar-refractivity contribution is 7.10. The molecule has 1 amide bonds. The van der Waals surface area contributed by atoms with Crippen LogP contribution in [0.1, 0.15) is 29.1 Å². The van der Waals surface area contributed by atoms with E-state index in [0.29, 0.717) is 6.42 Å². The van der Waals surface area contributed by atoms with E-state index in [-0.39, 0.29) is 5.91 Å². The summed E-state index contributed by atoms with van der Waals surface area (Å²) in [6.45, 7) is 18.6. The average Bonchev–Trinajstić information content (AvgIpc) is 3.79. The molecule has 38 heavy (non-hydrogen) atoms. The summed E-state index contributed by atoms with van der Waals surface area (Å²) in [7, 11) is 0. The largest absolute Gasteiger partial charge is 0.320 e. The molecule has 0 bridgehead atoms. The summed E-state index contributed by atoms with van der Waals surface area (Å²) in [5, 5.41) is 2.04. The Bertz CT molecular complexity index is 1110. The van der Waals surface area contributed by atoms with Crippen molar-refractivity contribution in [3.8, 4) is 0 Å². The van der Waals surface area contributed by atoms with Gasteiger partial charge in [-0.05, 0) is 48.4 Å². The van der Waals surface area contributed by atoms with Crippen molar-refractivity contribution >= 4 is 41.7 Å². The molecule has 7 nitrogen and oxygen atoms in total. The fraction of sp³-hybridized carbons (Fsp3) is 0.100. The lowest BCUT2D eigenvalue weighted by Crippen LogP contribution is -2.16. The molecule has 0 radical (unpaired) electrons. The predicted molar refractivity (Wildman–Crippen MR) is 161 cm³/mol. The van der Waals surface area contributed by atoms with E-state index >= 15 is 0 Å². The number of carbonyl (C=O) groups excluding carboxylic acids is 1. The Morgan fingerprint density at radius 1 is 0.816 bits per heavy atom. The third-order valence-corrected chi connectivity index (χ3v) is 5.37. The number of aromatic nitrogens is 5. The zero-order chi connectivity index (χ0) is 27.8. The molecule has 5 heterocycles. The Morgan fingerprint density at radius 3 is 1.92 bits per heavy atom. The molecule has 1 aliphatic rings. The van der Waals surface area contributed by atoms with Gasteiger partial charge in [0, 0.05) is 55.0 Å². The Morgan fingerprint density at radius 2 is 1.61 bits per heavy atom. The minimum atomic E-state index is 0.208. The lowest BCUT2D eigenvalue weighted by molar-refractivity contribution is -0.125. The Labute approximate surface area is 229 Å². The molecule has 0 spiro atoms. The van der Waals surface area contributed by atoms with Gasteiger partial charge in [-0.1, -0.05) is 51.1 Å². The van der Waals surface area contributed by atoms with Gasteiger partial charge in [0.05, 0.1) is 23.9 Å². The molecule has 1 aliphatic heterocycles. The summed E-state index contributed by atoms with van der Waals surface area (Å²) in [4.78, 5) is 29.1. The third kappa shape index (κ3) is 14.0. The van der Waals surface area contributed by atoms with Gasteiger partial charge < -0.3 is 9.47 Å². The van der Waals surface area contributed by atoms with E-state index in [4.69, 9.17) is 0 Å². The Hall–Kier alpha value is -4.69. The van der Waals surface area contributed by atoms with Crippen LogP contribution in [0.4, 0.5) is 0 Å². The fourth-order valence-corrected chi connectivity index (χ4v) is 3.13. The van der Waals surface area contributed by atoms with Crippen molar-refractivity contribution in [3.05, 3.63) is 135 Å². The highest BCUT2D eigenvalue weighted by Crippen LogP contribution is 2.08. The van der Waals surface area contributed by atoms with Crippen LogP contribution in [0.3, 0.4) is 0 Å². The molecule has 5 rings (SSSR count). The normalized spacial score (nSPS) is 10.8. The molecular formula is C30H34N6OS. The molecule has 196 valence electrons. The molecule has 0 aliphatic carbocycles. The standard InChI is InChI=1S/C7H7N.C6H6N2.C6H9NO.C6H6S.C5H6N2/c1-2-7-5-3-4-6-8-7;1-2-6-5-7-3-4-8-6;1-2-7-5-3-4-6(7)8;1-2-6-4-3-5-7-6;1-2-7-4-3-6-5-7/h2-6H,1H2;2-5H,1H2;2H,1,3-5H2;2*2-5H,1H2. The third-order valence-electron chi connectivity index (χ3n) is 4.50. The number of carbonyl (C=O) groups is 1. The zero-order valence-electron chi connectivity index (χ0n) is 21.5. The van der Waals surface area contributed by atoms with E-state index in [1.807, 2.05) is 48.0 Å². The maximum atomic E-state index is 10.7. The lowest BCUT2D eigenvalue weighted by atomic mass is 10.4. The smallest absolute Gasteiger partial charge is 0.226 e. The number of hydrogen-bond donors (Lipinski definition) is 0. The highest BCUT2D eigenvalue weighted by Gasteiger charge is 2.16. The van der Waals surface area contributed by atoms with Crippen molar-refractivity contribution in [1.82, 2.24) is 29.4 Å². The number of hydrogen-bond acceptors (Lipinski definition) is 6. The molecule has 0 N–H and O–H groups in total. The quantitative estimate of drug-likeness (QED) is 0.281. The Balaban J connectivity index is 0.000000238. The zero-order valence-corrected chi connectivity index (χ0v) is 22.4. The van der Waals surface area contributed by atoms with Crippen LogP contribution in [-0.2, 0) is 4.79 Å². The van der Waals surface area contributed by atoms with E-state index in [0.717, 1.165) is 24.4 Å². The molecule has 0 unspecified atom stereocenters. The average molecular weight is 527 g/mol. The number of amides is 1. The monoisotopic (exact) mass is 526 g/mol. The topological polar surface area (TPSA) is 76.8 Å². The van der Waals surface area contributed by atoms with Crippen LogP contribution in [0.5, 0.6) is 0 Å².